The molecule has 0 unspecified atom stereocenters. The highest BCUT2D eigenvalue weighted by Crippen LogP contribution is 2.13. The van der Waals surface area contributed by atoms with E-state index in [1.54, 1.807) is 43.3 Å². The maximum atomic E-state index is 13.0. The van der Waals surface area contributed by atoms with Crippen molar-refractivity contribution in [2.24, 2.45) is 0 Å². The molecule has 1 amide bonds. The number of fused-ring (bicyclic) bond motifs is 1. The summed E-state index contributed by atoms with van der Waals surface area (Å²) >= 11 is 0. The van der Waals surface area contributed by atoms with Gasteiger partial charge < -0.3 is 5.32 Å². The van der Waals surface area contributed by atoms with Crippen molar-refractivity contribution in [2.45, 2.75) is 25.9 Å². The van der Waals surface area contributed by atoms with Gasteiger partial charge in [-0.1, -0.05) is 24.3 Å². The average Bonchev–Trinajstić information content (AvgIpc) is 2.62. The monoisotopic (exact) mass is 355 g/mol. The Labute approximate surface area is 148 Å². The first-order valence-corrected chi connectivity index (χ1v) is 8.22. The molecule has 6 nitrogen and oxygen atoms in total. The maximum Gasteiger partial charge on any atom is 0.328 e. The van der Waals surface area contributed by atoms with Gasteiger partial charge in [0, 0.05) is 13.0 Å². The van der Waals surface area contributed by atoms with Crippen molar-refractivity contribution >= 4 is 16.8 Å². The average molecular weight is 355 g/mol. The van der Waals surface area contributed by atoms with Crippen LogP contribution in [0.2, 0.25) is 0 Å². The zero-order valence-electron chi connectivity index (χ0n) is 14.2. The summed E-state index contributed by atoms with van der Waals surface area (Å²) in [6.45, 7) is 1.94. The van der Waals surface area contributed by atoms with Crippen LogP contribution in [0.4, 0.5) is 4.39 Å². The summed E-state index contributed by atoms with van der Waals surface area (Å²) in [6, 6.07) is 12.4. The zero-order valence-corrected chi connectivity index (χ0v) is 14.2. The van der Waals surface area contributed by atoms with Crippen molar-refractivity contribution in [3.8, 4) is 0 Å². The molecule has 26 heavy (non-hydrogen) atoms. The second kappa shape index (κ2) is 7.35. The number of H-pyrrole nitrogens is 1. The van der Waals surface area contributed by atoms with E-state index in [9.17, 15) is 18.8 Å². The van der Waals surface area contributed by atoms with E-state index < -0.39 is 11.2 Å². The minimum absolute atomic E-state index is 0.0709. The van der Waals surface area contributed by atoms with Gasteiger partial charge in [0.15, 0.2) is 0 Å². The first-order chi connectivity index (χ1) is 12.5. The molecule has 0 saturated carbocycles. The third kappa shape index (κ3) is 3.72. The zero-order chi connectivity index (χ0) is 18.7. The Hall–Kier alpha value is -3.22. The number of nitrogens with one attached hydrogen (secondary N) is 2. The lowest BCUT2D eigenvalue weighted by Crippen LogP contribution is -2.33. The van der Waals surface area contributed by atoms with Gasteiger partial charge in [-0.3, -0.25) is 19.1 Å². The third-order valence-corrected chi connectivity index (χ3v) is 4.22. The Morgan fingerprint density at radius 2 is 1.85 bits per heavy atom. The highest BCUT2D eigenvalue weighted by atomic mass is 19.1. The number of aromatic amines is 1. The van der Waals surface area contributed by atoms with E-state index in [1.807, 2.05) is 0 Å². The topological polar surface area (TPSA) is 84.0 Å². The summed E-state index contributed by atoms with van der Waals surface area (Å²) in [4.78, 5) is 38.4. The molecule has 0 radical (unpaired) electrons. The largest absolute Gasteiger partial charge is 0.350 e. The minimum atomic E-state index is -0.548. The molecule has 0 spiro atoms. The lowest BCUT2D eigenvalue weighted by atomic mass is 10.1. The van der Waals surface area contributed by atoms with Crippen molar-refractivity contribution in [3.63, 3.8) is 0 Å². The molecule has 134 valence electrons. The SMILES string of the molecule is C[C@H](NC(=O)CCn1c(=O)[nH]c(=O)c2ccccc21)c1ccc(F)cc1. The van der Waals surface area contributed by atoms with Crippen molar-refractivity contribution in [1.29, 1.82) is 0 Å². The van der Waals surface area contributed by atoms with Crippen LogP contribution in [0.5, 0.6) is 0 Å². The first kappa shape index (κ1) is 17.6. The molecule has 0 aliphatic rings. The molecule has 3 aromatic rings. The fourth-order valence-electron chi connectivity index (χ4n) is 2.83. The summed E-state index contributed by atoms with van der Waals surface area (Å²) < 4.78 is 14.3. The van der Waals surface area contributed by atoms with Gasteiger partial charge in [0.25, 0.3) is 5.56 Å². The van der Waals surface area contributed by atoms with E-state index in [2.05, 4.69) is 10.3 Å². The lowest BCUT2D eigenvalue weighted by molar-refractivity contribution is -0.121. The number of nitrogens with zero attached hydrogens (tertiary/aromatic N) is 1. The third-order valence-electron chi connectivity index (χ3n) is 4.22. The predicted molar refractivity (Wildman–Crippen MR) is 96.4 cm³/mol. The van der Waals surface area contributed by atoms with Crippen LogP contribution in [0.25, 0.3) is 10.9 Å². The lowest BCUT2D eigenvalue weighted by Gasteiger charge is -2.15. The molecule has 1 heterocycles. The van der Waals surface area contributed by atoms with Crippen LogP contribution in [0.15, 0.2) is 58.1 Å². The molecular weight excluding hydrogens is 337 g/mol. The number of aryl methyl sites for hydroxylation is 1. The molecule has 2 aromatic carbocycles. The van der Waals surface area contributed by atoms with Crippen LogP contribution in [0.3, 0.4) is 0 Å². The molecule has 3 rings (SSSR count). The Morgan fingerprint density at radius 3 is 2.58 bits per heavy atom. The van der Waals surface area contributed by atoms with Crippen LogP contribution in [0.1, 0.15) is 24.9 Å². The number of aromatic nitrogens is 2. The number of benzene rings is 2. The van der Waals surface area contributed by atoms with Crippen molar-refractivity contribution in [1.82, 2.24) is 14.9 Å². The molecular formula is C19H18FN3O3. The van der Waals surface area contributed by atoms with E-state index in [4.69, 9.17) is 0 Å². The molecule has 1 atom stereocenters. The van der Waals surface area contributed by atoms with Gasteiger partial charge in [0.05, 0.1) is 16.9 Å². The second-order valence-electron chi connectivity index (χ2n) is 6.02. The molecule has 0 saturated heterocycles. The quantitative estimate of drug-likeness (QED) is 0.735. The van der Waals surface area contributed by atoms with Gasteiger partial charge in [0.1, 0.15) is 5.82 Å². The number of hydrogen-bond acceptors (Lipinski definition) is 3. The molecule has 0 bridgehead atoms. The van der Waals surface area contributed by atoms with Crippen LogP contribution in [-0.2, 0) is 11.3 Å². The van der Waals surface area contributed by atoms with E-state index >= 15 is 0 Å². The Balaban J connectivity index is 1.72. The summed E-state index contributed by atoms with van der Waals surface area (Å²) in [7, 11) is 0. The van der Waals surface area contributed by atoms with Crippen LogP contribution < -0.4 is 16.6 Å². The van der Waals surface area contributed by atoms with E-state index in [0.717, 1.165) is 5.56 Å². The number of carbonyl (C=O) groups is 1. The number of halogens is 1. The van der Waals surface area contributed by atoms with Gasteiger partial charge in [-0.15, -0.1) is 0 Å². The van der Waals surface area contributed by atoms with Gasteiger partial charge >= 0.3 is 5.69 Å². The fraction of sp³-hybridized carbons (Fsp3) is 0.211. The van der Waals surface area contributed by atoms with Crippen molar-refractivity contribution in [2.75, 3.05) is 0 Å². The second-order valence-corrected chi connectivity index (χ2v) is 6.02. The molecule has 0 fully saturated rings. The number of amides is 1. The van der Waals surface area contributed by atoms with Crippen molar-refractivity contribution in [3.05, 3.63) is 80.7 Å². The normalized spacial score (nSPS) is 12.1. The molecule has 7 heteroatoms. The highest BCUT2D eigenvalue weighted by Gasteiger charge is 2.12. The summed E-state index contributed by atoms with van der Waals surface area (Å²) in [5, 5.41) is 3.21. The number of hydrogen-bond donors (Lipinski definition) is 2. The Kier molecular flexibility index (Phi) is 4.97. The van der Waals surface area contributed by atoms with E-state index in [-0.39, 0.29) is 30.7 Å². The summed E-state index contributed by atoms with van der Waals surface area (Å²) in [5.41, 5.74) is 0.274. The van der Waals surface area contributed by atoms with Crippen LogP contribution >= 0.6 is 0 Å². The highest BCUT2D eigenvalue weighted by molar-refractivity contribution is 5.79. The first-order valence-electron chi connectivity index (χ1n) is 8.22. The Morgan fingerprint density at radius 1 is 1.15 bits per heavy atom. The maximum absolute atomic E-state index is 13.0. The molecule has 0 aliphatic carbocycles. The standard InChI is InChI=1S/C19H18FN3O3/c1-12(13-6-8-14(20)9-7-13)21-17(24)10-11-23-16-5-3-2-4-15(16)18(25)22-19(23)26/h2-9,12H,10-11H2,1H3,(H,21,24)(H,22,25,26)/t12-/m0/s1. The van der Waals surface area contributed by atoms with Gasteiger partial charge in [0.2, 0.25) is 5.91 Å². The van der Waals surface area contributed by atoms with Crippen molar-refractivity contribution < 1.29 is 9.18 Å². The molecule has 1 aromatic heterocycles. The van der Waals surface area contributed by atoms with Gasteiger partial charge in [-0.25, -0.2) is 9.18 Å². The van der Waals surface area contributed by atoms with Crippen LogP contribution in [-0.4, -0.2) is 15.5 Å². The van der Waals surface area contributed by atoms with E-state index in [1.165, 1.54) is 16.7 Å². The van der Waals surface area contributed by atoms with Gasteiger partial charge in [-0.2, -0.15) is 0 Å². The van der Waals surface area contributed by atoms with E-state index in [0.29, 0.717) is 10.9 Å². The van der Waals surface area contributed by atoms with Crippen LogP contribution in [0, 0.1) is 5.82 Å². The number of para-hydroxylation sites is 1. The number of rotatable bonds is 5. The summed E-state index contributed by atoms with van der Waals surface area (Å²) in [6.07, 6.45) is 0.0709. The molecule has 0 aliphatic heterocycles. The molecule has 2 N–H and O–H groups in total. The van der Waals surface area contributed by atoms with Gasteiger partial charge in [-0.05, 0) is 36.8 Å². The number of carbonyl (C=O) groups excluding carboxylic acids is 1. The minimum Gasteiger partial charge on any atom is -0.350 e. The fourth-order valence-corrected chi connectivity index (χ4v) is 2.83. The summed E-state index contributed by atoms with van der Waals surface area (Å²) in [5.74, 6) is -0.583. The predicted octanol–water partition coefficient (Wildman–Crippen LogP) is 2.10. The smallest absolute Gasteiger partial charge is 0.328 e. The Bertz CT molecular complexity index is 1050.